The highest BCUT2D eigenvalue weighted by molar-refractivity contribution is 7.89. The van der Waals surface area contributed by atoms with Gasteiger partial charge in [0.2, 0.25) is 20.0 Å². The molecule has 2 aromatic rings. The Morgan fingerprint density at radius 2 is 1.43 bits per heavy atom. The van der Waals surface area contributed by atoms with Crippen molar-refractivity contribution in [3.05, 3.63) is 54.1 Å². The summed E-state index contributed by atoms with van der Waals surface area (Å²) < 4.78 is 54.3. The average Bonchev–Trinajstić information content (AvgIpc) is 2.71. The van der Waals surface area contributed by atoms with Crippen LogP contribution in [0.25, 0.3) is 0 Å². The number of rotatable bonds is 9. The number of hydrogen-bond acceptors (Lipinski definition) is 7. The number of sulfonamides is 2. The molecule has 0 spiro atoms. The zero-order valence-electron chi connectivity index (χ0n) is 17.0. The molecule has 0 heterocycles. The normalized spacial score (nSPS) is 12.0. The summed E-state index contributed by atoms with van der Waals surface area (Å²) in [5.41, 5.74) is 0.994. The Bertz CT molecular complexity index is 1080. The van der Waals surface area contributed by atoms with E-state index in [1.54, 1.807) is 31.0 Å². The fourth-order valence-electron chi connectivity index (χ4n) is 2.59. The Kier molecular flexibility index (Phi) is 7.59. The molecule has 0 aliphatic carbocycles. The largest absolute Gasteiger partial charge is 0.462 e. The van der Waals surface area contributed by atoms with E-state index >= 15 is 0 Å². The number of hydrogen-bond donors (Lipinski definition) is 1. The highest BCUT2D eigenvalue weighted by atomic mass is 32.2. The van der Waals surface area contributed by atoms with E-state index in [4.69, 9.17) is 9.88 Å². The number of ether oxygens (including phenoxy) is 1. The Labute approximate surface area is 177 Å². The van der Waals surface area contributed by atoms with Crippen molar-refractivity contribution >= 4 is 31.7 Å². The summed E-state index contributed by atoms with van der Waals surface area (Å²) in [5, 5.41) is 5.08. The van der Waals surface area contributed by atoms with Crippen LogP contribution in [0.3, 0.4) is 0 Å². The molecule has 0 aromatic heterocycles. The number of esters is 1. The predicted molar refractivity (Wildman–Crippen MR) is 113 cm³/mol. The molecule has 11 heteroatoms. The molecule has 30 heavy (non-hydrogen) atoms. The van der Waals surface area contributed by atoms with Gasteiger partial charge in [-0.3, -0.25) is 0 Å². The minimum atomic E-state index is -3.77. The zero-order chi connectivity index (χ0) is 22.5. The molecule has 2 rings (SSSR count). The molecule has 0 saturated heterocycles. The van der Waals surface area contributed by atoms with Crippen LogP contribution >= 0.6 is 0 Å². The quantitative estimate of drug-likeness (QED) is 0.564. The van der Waals surface area contributed by atoms with E-state index in [0.717, 1.165) is 0 Å². The van der Waals surface area contributed by atoms with Crippen molar-refractivity contribution in [1.29, 1.82) is 0 Å². The first kappa shape index (κ1) is 23.8. The first-order valence-electron chi connectivity index (χ1n) is 9.04. The van der Waals surface area contributed by atoms with Gasteiger partial charge >= 0.3 is 5.97 Å². The molecule has 2 aromatic carbocycles. The molecule has 2 N–H and O–H groups in total. The molecule has 0 saturated carbocycles. The number of benzene rings is 2. The van der Waals surface area contributed by atoms with E-state index in [9.17, 15) is 21.6 Å². The number of anilines is 1. The van der Waals surface area contributed by atoms with Crippen molar-refractivity contribution < 1.29 is 26.4 Å². The summed E-state index contributed by atoms with van der Waals surface area (Å²) in [6, 6.07) is 11.6. The van der Waals surface area contributed by atoms with Gasteiger partial charge in [0.1, 0.15) is 0 Å². The van der Waals surface area contributed by atoms with Crippen LogP contribution in [-0.2, 0) is 24.8 Å². The Morgan fingerprint density at radius 1 is 0.900 bits per heavy atom. The van der Waals surface area contributed by atoms with Gasteiger partial charge in [0, 0.05) is 32.9 Å². The molecule has 0 fully saturated rings. The van der Waals surface area contributed by atoms with Gasteiger partial charge in [0.25, 0.3) is 0 Å². The lowest BCUT2D eigenvalue weighted by Crippen LogP contribution is -2.34. The van der Waals surface area contributed by atoms with Crippen molar-refractivity contribution in [1.82, 2.24) is 4.31 Å². The summed E-state index contributed by atoms with van der Waals surface area (Å²) in [4.78, 5) is 13.6. The second kappa shape index (κ2) is 9.56. The minimum absolute atomic E-state index is 0.00520. The topological polar surface area (TPSA) is 127 Å². The van der Waals surface area contributed by atoms with E-state index in [1.165, 1.54) is 47.8 Å². The number of primary sulfonamides is 1. The Balaban J connectivity index is 2.03. The average molecular weight is 456 g/mol. The maximum Gasteiger partial charge on any atom is 0.338 e. The minimum Gasteiger partial charge on any atom is -0.462 e. The molecule has 0 amide bonds. The van der Waals surface area contributed by atoms with Crippen molar-refractivity contribution in [3.8, 4) is 0 Å². The standard InChI is InChI=1S/C19H25N3O6S2/c1-4-28-19(23)15-5-9-18(10-6-15)30(26,27)22(3)14-13-21(2)16-7-11-17(12-8-16)29(20,24)25/h5-12H,4,13-14H2,1-3H3,(H2,20,24,25). The smallest absolute Gasteiger partial charge is 0.338 e. The highest BCUT2D eigenvalue weighted by Gasteiger charge is 2.21. The molecule has 0 atom stereocenters. The summed E-state index contributed by atoms with van der Waals surface area (Å²) >= 11 is 0. The van der Waals surface area contributed by atoms with Gasteiger partial charge < -0.3 is 9.64 Å². The lowest BCUT2D eigenvalue weighted by molar-refractivity contribution is 0.0526. The van der Waals surface area contributed by atoms with Crippen LogP contribution in [0.2, 0.25) is 0 Å². The number of nitrogens with two attached hydrogens (primary N) is 1. The molecule has 0 bridgehead atoms. The third kappa shape index (κ3) is 5.79. The predicted octanol–water partition coefficient (Wildman–Crippen LogP) is 1.27. The van der Waals surface area contributed by atoms with Crippen LogP contribution in [0.5, 0.6) is 0 Å². The van der Waals surface area contributed by atoms with E-state index in [1.807, 2.05) is 0 Å². The van der Waals surface area contributed by atoms with Crippen molar-refractivity contribution in [2.24, 2.45) is 5.14 Å². The van der Waals surface area contributed by atoms with Gasteiger partial charge in [-0.1, -0.05) is 0 Å². The van der Waals surface area contributed by atoms with Gasteiger partial charge in [-0.2, -0.15) is 4.31 Å². The summed E-state index contributed by atoms with van der Waals surface area (Å²) in [6.07, 6.45) is 0. The SMILES string of the molecule is CCOC(=O)c1ccc(S(=O)(=O)N(C)CCN(C)c2ccc(S(N)(=O)=O)cc2)cc1. The van der Waals surface area contributed by atoms with Crippen LogP contribution in [-0.4, -0.2) is 60.9 Å². The van der Waals surface area contributed by atoms with Crippen LogP contribution in [0.1, 0.15) is 17.3 Å². The molecule has 0 aliphatic rings. The van der Waals surface area contributed by atoms with Crippen molar-refractivity contribution in [2.75, 3.05) is 38.7 Å². The first-order valence-corrected chi connectivity index (χ1v) is 12.0. The van der Waals surface area contributed by atoms with Gasteiger partial charge in [0.05, 0.1) is 22.0 Å². The van der Waals surface area contributed by atoms with Gasteiger partial charge in [0.15, 0.2) is 0 Å². The summed E-state index contributed by atoms with van der Waals surface area (Å²) in [5.74, 6) is -0.509. The number of likely N-dealkylation sites (N-methyl/N-ethyl adjacent to an activating group) is 2. The van der Waals surface area contributed by atoms with Crippen LogP contribution in [0.15, 0.2) is 58.3 Å². The molecule has 0 unspecified atom stereocenters. The third-order valence-corrected chi connectivity index (χ3v) is 7.23. The molecule has 0 radical (unpaired) electrons. The van der Waals surface area contributed by atoms with Gasteiger partial charge in [-0.05, 0) is 55.5 Å². The lowest BCUT2D eigenvalue weighted by atomic mass is 10.2. The Hall–Kier alpha value is -2.47. The number of carbonyl (C=O) groups is 1. The third-order valence-electron chi connectivity index (χ3n) is 4.43. The highest BCUT2D eigenvalue weighted by Crippen LogP contribution is 2.18. The summed E-state index contributed by atoms with van der Waals surface area (Å²) in [7, 11) is -4.28. The Morgan fingerprint density at radius 3 is 1.93 bits per heavy atom. The molecule has 0 aliphatic heterocycles. The lowest BCUT2D eigenvalue weighted by Gasteiger charge is -2.23. The maximum atomic E-state index is 12.8. The monoisotopic (exact) mass is 455 g/mol. The van der Waals surface area contributed by atoms with Crippen LogP contribution in [0.4, 0.5) is 5.69 Å². The number of nitrogens with zero attached hydrogens (tertiary/aromatic N) is 2. The first-order chi connectivity index (χ1) is 14.0. The van der Waals surface area contributed by atoms with E-state index in [0.29, 0.717) is 12.2 Å². The molecule has 9 nitrogen and oxygen atoms in total. The van der Waals surface area contributed by atoms with Crippen LogP contribution < -0.4 is 10.0 Å². The van der Waals surface area contributed by atoms with Gasteiger partial charge in [-0.25, -0.2) is 26.8 Å². The van der Waals surface area contributed by atoms with E-state index in [-0.39, 0.29) is 28.5 Å². The molecular formula is C19H25N3O6S2. The van der Waals surface area contributed by atoms with E-state index < -0.39 is 26.0 Å². The van der Waals surface area contributed by atoms with E-state index in [2.05, 4.69) is 0 Å². The number of carbonyl (C=O) groups excluding carboxylic acids is 1. The van der Waals surface area contributed by atoms with Crippen LogP contribution in [0, 0.1) is 0 Å². The van der Waals surface area contributed by atoms with Gasteiger partial charge in [-0.15, -0.1) is 0 Å². The van der Waals surface area contributed by atoms with Crippen molar-refractivity contribution in [2.45, 2.75) is 16.7 Å². The van der Waals surface area contributed by atoms with Crippen molar-refractivity contribution in [3.63, 3.8) is 0 Å². The summed E-state index contributed by atoms with van der Waals surface area (Å²) in [6.45, 7) is 2.48. The zero-order valence-corrected chi connectivity index (χ0v) is 18.6. The second-order valence-electron chi connectivity index (χ2n) is 6.53. The molecular weight excluding hydrogens is 430 g/mol. The fourth-order valence-corrected chi connectivity index (χ4v) is 4.27. The maximum absolute atomic E-state index is 12.8. The second-order valence-corrected chi connectivity index (χ2v) is 10.1. The molecule has 164 valence electrons. The fraction of sp³-hybridized carbons (Fsp3) is 0.316.